The first-order valence-electron chi connectivity index (χ1n) is 8.18. The van der Waals surface area contributed by atoms with Crippen LogP contribution < -0.4 is 4.90 Å². The molecule has 4 rings (SSSR count). The van der Waals surface area contributed by atoms with Crippen molar-refractivity contribution >= 4 is 44.2 Å². The Hall–Kier alpha value is -2.63. The normalized spacial score (nSPS) is 15.9. The molecule has 0 radical (unpaired) electrons. The summed E-state index contributed by atoms with van der Waals surface area (Å²) in [5.74, 6) is 0. The first-order chi connectivity index (χ1) is 13.0. The predicted octanol–water partition coefficient (Wildman–Crippen LogP) is 2.11. The zero-order valence-electron chi connectivity index (χ0n) is 14.1. The molecule has 27 heavy (non-hydrogen) atoms. The molecule has 140 valence electrons. The molecule has 0 bridgehead atoms. The largest absolute Gasteiger partial charge is 0.369 e. The summed E-state index contributed by atoms with van der Waals surface area (Å²) >= 11 is 0.985. The van der Waals surface area contributed by atoms with Crippen LogP contribution in [0.15, 0.2) is 47.4 Å². The minimum atomic E-state index is -3.68. The molecule has 3 aromatic rings. The lowest BCUT2D eigenvalue weighted by Gasteiger charge is -2.35. The number of anilines is 1. The summed E-state index contributed by atoms with van der Waals surface area (Å²) in [5, 5.41) is 11.0. The Morgan fingerprint density at radius 3 is 2.52 bits per heavy atom. The van der Waals surface area contributed by atoms with Gasteiger partial charge in [0.25, 0.3) is 5.69 Å². The van der Waals surface area contributed by atoms with E-state index in [2.05, 4.69) is 8.75 Å². The van der Waals surface area contributed by atoms with Crippen LogP contribution in [0, 0.1) is 10.1 Å². The average molecular weight is 405 g/mol. The topological polar surface area (TPSA) is 110 Å². The second-order valence-electron chi connectivity index (χ2n) is 6.06. The number of rotatable bonds is 4. The molecule has 1 aromatic heterocycles. The molecule has 1 aliphatic heterocycles. The van der Waals surface area contributed by atoms with Crippen LogP contribution in [0.3, 0.4) is 0 Å². The van der Waals surface area contributed by atoms with Gasteiger partial charge in [-0.05, 0) is 18.2 Å². The fraction of sp³-hybridized carbons (Fsp3) is 0.250. The summed E-state index contributed by atoms with van der Waals surface area (Å²) in [4.78, 5) is 12.6. The molecule has 0 amide bonds. The van der Waals surface area contributed by atoms with E-state index in [0.29, 0.717) is 42.9 Å². The highest BCUT2D eigenvalue weighted by molar-refractivity contribution is 7.89. The van der Waals surface area contributed by atoms with Gasteiger partial charge in [-0.1, -0.05) is 12.1 Å². The van der Waals surface area contributed by atoms with E-state index in [4.69, 9.17) is 0 Å². The smallest absolute Gasteiger partial charge is 0.271 e. The van der Waals surface area contributed by atoms with Crippen molar-refractivity contribution in [1.82, 2.24) is 13.1 Å². The summed E-state index contributed by atoms with van der Waals surface area (Å²) in [5.41, 5.74) is 1.69. The quantitative estimate of drug-likeness (QED) is 0.483. The van der Waals surface area contributed by atoms with Crippen molar-refractivity contribution in [2.24, 2.45) is 0 Å². The van der Waals surface area contributed by atoms with Gasteiger partial charge in [0.2, 0.25) is 10.0 Å². The Labute approximate surface area is 159 Å². The van der Waals surface area contributed by atoms with Gasteiger partial charge in [0.1, 0.15) is 15.9 Å². The third-order valence-corrected chi connectivity index (χ3v) is 6.98. The molecule has 0 aliphatic carbocycles. The van der Waals surface area contributed by atoms with Gasteiger partial charge in [0, 0.05) is 44.0 Å². The maximum absolute atomic E-state index is 13.0. The van der Waals surface area contributed by atoms with Gasteiger partial charge < -0.3 is 4.90 Å². The summed E-state index contributed by atoms with van der Waals surface area (Å²) in [6.07, 6.45) is 0. The Balaban J connectivity index is 1.54. The van der Waals surface area contributed by atoms with Crippen molar-refractivity contribution in [2.45, 2.75) is 4.90 Å². The van der Waals surface area contributed by atoms with E-state index in [1.54, 1.807) is 30.3 Å². The van der Waals surface area contributed by atoms with Crippen molar-refractivity contribution in [3.63, 3.8) is 0 Å². The lowest BCUT2D eigenvalue weighted by Crippen LogP contribution is -2.48. The number of benzene rings is 2. The van der Waals surface area contributed by atoms with Crippen LogP contribution in [0.25, 0.3) is 11.0 Å². The van der Waals surface area contributed by atoms with E-state index in [1.807, 2.05) is 4.90 Å². The Kier molecular flexibility index (Phi) is 4.50. The molecule has 2 aromatic carbocycles. The summed E-state index contributed by atoms with van der Waals surface area (Å²) in [7, 11) is -3.68. The summed E-state index contributed by atoms with van der Waals surface area (Å²) in [6, 6.07) is 11.3. The lowest BCUT2D eigenvalue weighted by molar-refractivity contribution is -0.384. The SMILES string of the molecule is O=[N+]([O-])c1cccc(N2CCN(S(=O)(=O)c3cccc4nsnc34)CC2)c1. The molecule has 1 aliphatic rings. The van der Waals surface area contributed by atoms with Gasteiger partial charge in [-0.25, -0.2) is 8.42 Å². The van der Waals surface area contributed by atoms with E-state index in [0.717, 1.165) is 11.7 Å². The molecule has 9 nitrogen and oxygen atoms in total. The van der Waals surface area contributed by atoms with Crippen LogP contribution in [0.1, 0.15) is 0 Å². The zero-order valence-corrected chi connectivity index (χ0v) is 15.7. The van der Waals surface area contributed by atoms with Crippen LogP contribution in [0.4, 0.5) is 11.4 Å². The van der Waals surface area contributed by atoms with Crippen molar-refractivity contribution in [3.8, 4) is 0 Å². The minimum Gasteiger partial charge on any atom is -0.369 e. The number of nitro benzene ring substituents is 1. The van der Waals surface area contributed by atoms with Crippen molar-refractivity contribution in [2.75, 3.05) is 31.1 Å². The van der Waals surface area contributed by atoms with Crippen LogP contribution >= 0.6 is 11.7 Å². The number of hydrogen-bond acceptors (Lipinski definition) is 8. The second-order valence-corrected chi connectivity index (χ2v) is 8.49. The number of nitro groups is 1. The zero-order chi connectivity index (χ0) is 19.0. The van der Waals surface area contributed by atoms with Crippen molar-refractivity contribution < 1.29 is 13.3 Å². The molecule has 0 spiro atoms. The average Bonchev–Trinajstić information content (AvgIpc) is 3.17. The monoisotopic (exact) mass is 405 g/mol. The van der Waals surface area contributed by atoms with Crippen LogP contribution in [0.2, 0.25) is 0 Å². The van der Waals surface area contributed by atoms with Crippen LogP contribution in [-0.2, 0) is 10.0 Å². The first-order valence-corrected chi connectivity index (χ1v) is 10.3. The molecule has 0 atom stereocenters. The lowest BCUT2D eigenvalue weighted by atomic mass is 10.2. The van der Waals surface area contributed by atoms with E-state index in [1.165, 1.54) is 16.4 Å². The second kappa shape index (κ2) is 6.83. The van der Waals surface area contributed by atoms with Gasteiger partial charge in [-0.2, -0.15) is 13.1 Å². The van der Waals surface area contributed by atoms with Gasteiger partial charge >= 0.3 is 0 Å². The van der Waals surface area contributed by atoms with E-state index in [9.17, 15) is 18.5 Å². The molecule has 0 saturated carbocycles. The van der Waals surface area contributed by atoms with Gasteiger partial charge in [-0.15, -0.1) is 0 Å². The maximum atomic E-state index is 13.0. The number of sulfonamides is 1. The molecule has 2 heterocycles. The number of fused-ring (bicyclic) bond motifs is 1. The van der Waals surface area contributed by atoms with Crippen LogP contribution in [-0.4, -0.2) is 52.6 Å². The first kappa shape index (κ1) is 17.8. The molecular formula is C16H15N5O4S2. The number of piperazine rings is 1. The number of non-ortho nitro benzene ring substituents is 1. The van der Waals surface area contributed by atoms with Crippen molar-refractivity contribution in [1.29, 1.82) is 0 Å². The highest BCUT2D eigenvalue weighted by atomic mass is 32.2. The summed E-state index contributed by atoms with van der Waals surface area (Å²) < 4.78 is 35.7. The van der Waals surface area contributed by atoms with Gasteiger partial charge in [-0.3, -0.25) is 10.1 Å². The number of hydrogen-bond donors (Lipinski definition) is 0. The van der Waals surface area contributed by atoms with E-state index in [-0.39, 0.29) is 10.6 Å². The summed E-state index contributed by atoms with van der Waals surface area (Å²) in [6.45, 7) is 1.48. The third-order valence-electron chi connectivity index (χ3n) is 4.51. The Morgan fingerprint density at radius 1 is 1.04 bits per heavy atom. The van der Waals surface area contributed by atoms with Gasteiger partial charge in [0.05, 0.1) is 16.7 Å². The molecule has 1 fully saturated rings. The minimum absolute atomic E-state index is 0.0188. The van der Waals surface area contributed by atoms with E-state index < -0.39 is 14.9 Å². The van der Waals surface area contributed by atoms with Crippen molar-refractivity contribution in [3.05, 3.63) is 52.6 Å². The molecule has 0 unspecified atom stereocenters. The third kappa shape index (κ3) is 3.24. The molecule has 1 saturated heterocycles. The fourth-order valence-corrected chi connectivity index (χ4v) is 5.29. The van der Waals surface area contributed by atoms with E-state index >= 15 is 0 Å². The van der Waals surface area contributed by atoms with Gasteiger partial charge in [0.15, 0.2) is 0 Å². The van der Waals surface area contributed by atoms with Crippen LogP contribution in [0.5, 0.6) is 0 Å². The molecule has 0 N–H and O–H groups in total. The Morgan fingerprint density at radius 2 is 1.78 bits per heavy atom. The Bertz CT molecular complexity index is 1110. The standard InChI is InChI=1S/C16H15N5O4S2/c22-21(23)13-4-1-3-12(11-13)19-7-9-20(10-8-19)27(24,25)15-6-2-5-14-16(15)18-26-17-14/h1-6,11H,7-10H2. The molecular weight excluding hydrogens is 390 g/mol. The number of nitrogens with zero attached hydrogens (tertiary/aromatic N) is 5. The highest BCUT2D eigenvalue weighted by Crippen LogP contribution is 2.27. The fourth-order valence-electron chi connectivity index (χ4n) is 3.12. The highest BCUT2D eigenvalue weighted by Gasteiger charge is 2.31. The predicted molar refractivity (Wildman–Crippen MR) is 101 cm³/mol. The molecule has 11 heteroatoms. The maximum Gasteiger partial charge on any atom is 0.271 e. The number of aromatic nitrogens is 2.